The minimum Gasteiger partial charge on any atom is -0.376 e. The molecule has 19 heavy (non-hydrogen) atoms. The van der Waals surface area contributed by atoms with Gasteiger partial charge in [-0.1, -0.05) is 19.0 Å². The number of ether oxygens (including phenoxy) is 1. The maximum Gasteiger partial charge on any atom is 0.256 e. The van der Waals surface area contributed by atoms with E-state index in [9.17, 15) is 4.79 Å². The standard InChI is InChI=1S/C14H22N2O3/c1-9(2)12-11(10(3)16-19-12)13(17)15-8-14(18-4)6-5-7-14/h9H,5-8H2,1-4H3,(H,15,17). The van der Waals surface area contributed by atoms with Crippen LogP contribution in [0.15, 0.2) is 4.52 Å². The van der Waals surface area contributed by atoms with E-state index in [2.05, 4.69) is 10.5 Å². The van der Waals surface area contributed by atoms with E-state index in [1.807, 2.05) is 13.8 Å². The van der Waals surface area contributed by atoms with Crippen LogP contribution in [0.3, 0.4) is 0 Å². The molecule has 0 aliphatic heterocycles. The van der Waals surface area contributed by atoms with Crippen molar-refractivity contribution in [3.8, 4) is 0 Å². The number of amides is 1. The maximum atomic E-state index is 12.3. The maximum absolute atomic E-state index is 12.3. The number of hydrogen-bond donors (Lipinski definition) is 1. The number of aromatic nitrogens is 1. The molecule has 106 valence electrons. The van der Waals surface area contributed by atoms with Gasteiger partial charge in [0.05, 0.1) is 11.3 Å². The van der Waals surface area contributed by atoms with Crippen molar-refractivity contribution < 1.29 is 14.1 Å². The third-order valence-electron chi connectivity index (χ3n) is 3.91. The summed E-state index contributed by atoms with van der Waals surface area (Å²) >= 11 is 0. The first-order chi connectivity index (χ1) is 8.99. The smallest absolute Gasteiger partial charge is 0.256 e. The van der Waals surface area contributed by atoms with Crippen LogP contribution in [-0.2, 0) is 4.74 Å². The summed E-state index contributed by atoms with van der Waals surface area (Å²) in [5.41, 5.74) is 1.04. The SMILES string of the molecule is COC1(CNC(=O)c2c(C)noc2C(C)C)CCC1. The van der Waals surface area contributed by atoms with Gasteiger partial charge in [-0.2, -0.15) is 0 Å². The van der Waals surface area contributed by atoms with Gasteiger partial charge in [0.25, 0.3) is 5.91 Å². The average Bonchev–Trinajstić information content (AvgIpc) is 2.70. The molecule has 0 bridgehead atoms. The molecule has 0 aromatic carbocycles. The molecule has 1 amide bonds. The van der Waals surface area contributed by atoms with Crippen molar-refractivity contribution in [1.29, 1.82) is 0 Å². The second-order valence-corrected chi connectivity index (χ2v) is 5.59. The summed E-state index contributed by atoms with van der Waals surface area (Å²) in [6.45, 7) is 6.31. The van der Waals surface area contributed by atoms with Crippen molar-refractivity contribution in [3.05, 3.63) is 17.0 Å². The van der Waals surface area contributed by atoms with Crippen molar-refractivity contribution in [2.24, 2.45) is 0 Å². The minimum atomic E-state index is -0.168. The molecule has 0 saturated heterocycles. The molecule has 1 saturated carbocycles. The Balaban J connectivity index is 2.06. The van der Waals surface area contributed by atoms with E-state index in [0.717, 1.165) is 19.3 Å². The summed E-state index contributed by atoms with van der Waals surface area (Å²) < 4.78 is 10.7. The van der Waals surface area contributed by atoms with Crippen LogP contribution in [0.2, 0.25) is 0 Å². The van der Waals surface area contributed by atoms with Gasteiger partial charge in [0.15, 0.2) is 5.76 Å². The van der Waals surface area contributed by atoms with E-state index < -0.39 is 0 Å². The van der Waals surface area contributed by atoms with Crippen LogP contribution >= 0.6 is 0 Å². The van der Waals surface area contributed by atoms with E-state index in [-0.39, 0.29) is 17.4 Å². The molecular weight excluding hydrogens is 244 g/mol. The van der Waals surface area contributed by atoms with Crippen molar-refractivity contribution >= 4 is 5.91 Å². The Bertz CT molecular complexity index is 456. The lowest BCUT2D eigenvalue weighted by atomic mass is 9.80. The molecular formula is C14H22N2O3. The van der Waals surface area contributed by atoms with E-state index in [4.69, 9.17) is 9.26 Å². The summed E-state index contributed by atoms with van der Waals surface area (Å²) in [6, 6.07) is 0. The summed E-state index contributed by atoms with van der Waals surface area (Å²) in [5.74, 6) is 0.669. The zero-order chi connectivity index (χ0) is 14.0. The molecule has 1 aromatic rings. The third-order valence-corrected chi connectivity index (χ3v) is 3.91. The third kappa shape index (κ3) is 2.66. The van der Waals surface area contributed by atoms with Gasteiger partial charge < -0.3 is 14.6 Å². The van der Waals surface area contributed by atoms with Gasteiger partial charge in [0.2, 0.25) is 0 Å². The fourth-order valence-electron chi connectivity index (χ4n) is 2.41. The van der Waals surface area contributed by atoms with Crippen LogP contribution < -0.4 is 5.32 Å². The highest BCUT2D eigenvalue weighted by atomic mass is 16.5. The van der Waals surface area contributed by atoms with Crippen LogP contribution in [0.5, 0.6) is 0 Å². The van der Waals surface area contributed by atoms with Crippen LogP contribution in [-0.4, -0.2) is 30.3 Å². The number of rotatable bonds is 5. The fraction of sp³-hybridized carbons (Fsp3) is 0.714. The van der Waals surface area contributed by atoms with Gasteiger partial charge in [-0.05, 0) is 26.2 Å². The van der Waals surface area contributed by atoms with Gasteiger partial charge in [-0.25, -0.2) is 0 Å². The van der Waals surface area contributed by atoms with Crippen molar-refractivity contribution in [2.75, 3.05) is 13.7 Å². The molecule has 1 fully saturated rings. The van der Waals surface area contributed by atoms with Crippen molar-refractivity contribution in [1.82, 2.24) is 10.5 Å². The van der Waals surface area contributed by atoms with Gasteiger partial charge >= 0.3 is 0 Å². The molecule has 5 nitrogen and oxygen atoms in total. The summed E-state index contributed by atoms with van der Waals surface area (Å²) in [7, 11) is 1.70. The van der Waals surface area contributed by atoms with E-state index >= 15 is 0 Å². The Labute approximate surface area is 113 Å². The lowest BCUT2D eigenvalue weighted by Gasteiger charge is -2.40. The predicted octanol–water partition coefficient (Wildman–Crippen LogP) is 2.41. The Morgan fingerprint density at radius 3 is 2.68 bits per heavy atom. The lowest BCUT2D eigenvalue weighted by molar-refractivity contribution is -0.0679. The van der Waals surface area contributed by atoms with E-state index in [0.29, 0.717) is 23.6 Å². The molecule has 1 aliphatic rings. The Morgan fingerprint density at radius 1 is 1.53 bits per heavy atom. The number of methoxy groups -OCH3 is 1. The number of aryl methyl sites for hydroxylation is 1. The summed E-state index contributed by atoms with van der Waals surface area (Å²) in [5, 5.41) is 6.84. The van der Waals surface area contributed by atoms with Crippen molar-refractivity contribution in [3.63, 3.8) is 0 Å². The lowest BCUT2D eigenvalue weighted by Crippen LogP contribution is -2.49. The molecule has 5 heteroatoms. The number of nitrogens with zero attached hydrogens (tertiary/aromatic N) is 1. The fourth-order valence-corrected chi connectivity index (χ4v) is 2.41. The van der Waals surface area contributed by atoms with Gasteiger partial charge in [-0.3, -0.25) is 4.79 Å². The normalized spacial score (nSPS) is 17.3. The van der Waals surface area contributed by atoms with Gasteiger partial charge in [0.1, 0.15) is 5.56 Å². The minimum absolute atomic E-state index is 0.120. The first-order valence-electron chi connectivity index (χ1n) is 6.78. The highest BCUT2D eigenvalue weighted by molar-refractivity contribution is 5.96. The zero-order valence-electron chi connectivity index (χ0n) is 12.1. The molecule has 1 aliphatic carbocycles. The summed E-state index contributed by atoms with van der Waals surface area (Å²) in [4.78, 5) is 12.3. The Morgan fingerprint density at radius 2 is 2.21 bits per heavy atom. The molecule has 1 aromatic heterocycles. The average molecular weight is 266 g/mol. The molecule has 0 atom stereocenters. The molecule has 2 rings (SSSR count). The first-order valence-corrected chi connectivity index (χ1v) is 6.78. The van der Waals surface area contributed by atoms with Crippen LogP contribution in [0, 0.1) is 6.92 Å². The second kappa shape index (κ2) is 5.33. The molecule has 1 heterocycles. The highest BCUT2D eigenvalue weighted by Crippen LogP contribution is 2.34. The number of carbonyl (C=O) groups is 1. The van der Waals surface area contributed by atoms with Gasteiger partial charge in [-0.15, -0.1) is 0 Å². The second-order valence-electron chi connectivity index (χ2n) is 5.59. The molecule has 0 spiro atoms. The predicted molar refractivity (Wildman–Crippen MR) is 71.3 cm³/mol. The largest absolute Gasteiger partial charge is 0.376 e. The molecule has 0 radical (unpaired) electrons. The highest BCUT2D eigenvalue weighted by Gasteiger charge is 2.37. The number of carbonyl (C=O) groups excluding carboxylic acids is 1. The monoisotopic (exact) mass is 266 g/mol. The van der Waals surface area contributed by atoms with Crippen molar-refractivity contribution in [2.45, 2.75) is 51.6 Å². The summed E-state index contributed by atoms with van der Waals surface area (Å²) in [6.07, 6.45) is 3.17. The zero-order valence-corrected chi connectivity index (χ0v) is 12.1. The molecule has 1 N–H and O–H groups in total. The van der Waals surface area contributed by atoms with E-state index in [1.54, 1.807) is 14.0 Å². The quantitative estimate of drug-likeness (QED) is 0.888. The molecule has 0 unspecified atom stereocenters. The Hall–Kier alpha value is -1.36. The van der Waals surface area contributed by atoms with Crippen LogP contribution in [0.1, 0.15) is 60.8 Å². The first kappa shape index (κ1) is 14.1. The van der Waals surface area contributed by atoms with Crippen LogP contribution in [0.25, 0.3) is 0 Å². The Kier molecular flexibility index (Phi) is 3.94. The van der Waals surface area contributed by atoms with Gasteiger partial charge in [0, 0.05) is 19.6 Å². The number of nitrogens with one attached hydrogen (secondary N) is 1. The number of hydrogen-bond acceptors (Lipinski definition) is 4. The van der Waals surface area contributed by atoms with E-state index in [1.165, 1.54) is 0 Å². The topological polar surface area (TPSA) is 64.4 Å². The van der Waals surface area contributed by atoms with Crippen LogP contribution in [0.4, 0.5) is 0 Å².